The third-order valence-electron chi connectivity index (χ3n) is 4.10. The van der Waals surface area contributed by atoms with Gasteiger partial charge in [-0.1, -0.05) is 42.5 Å². The average molecular weight is 395 g/mol. The van der Waals surface area contributed by atoms with Gasteiger partial charge in [0.05, 0.1) is 24.2 Å². The highest BCUT2D eigenvalue weighted by atomic mass is 16.6. The van der Waals surface area contributed by atoms with Gasteiger partial charge in [0.15, 0.2) is 0 Å². The first-order chi connectivity index (χ1) is 14.1. The largest absolute Gasteiger partial charge is 0.711 e. The summed E-state index contributed by atoms with van der Waals surface area (Å²) in [6, 6.07) is 20.2. The highest BCUT2D eigenvalue weighted by Gasteiger charge is 2.12. The van der Waals surface area contributed by atoms with Crippen molar-refractivity contribution in [1.29, 1.82) is 0 Å². The Labute approximate surface area is 168 Å². The number of anilines is 1. The summed E-state index contributed by atoms with van der Waals surface area (Å²) in [5, 5.41) is 25.2. The summed E-state index contributed by atoms with van der Waals surface area (Å²) in [5.74, 6) is 0.869. The topological polar surface area (TPSA) is 101 Å². The van der Waals surface area contributed by atoms with Gasteiger partial charge in [-0.3, -0.25) is 15.4 Å². The fraction of sp³-hybridized carbons (Fsp3) is 0.190. The first-order valence-corrected chi connectivity index (χ1v) is 9.11. The third-order valence-corrected chi connectivity index (χ3v) is 4.10. The van der Waals surface area contributed by atoms with E-state index in [9.17, 15) is 15.3 Å². The third kappa shape index (κ3) is 5.91. The second kappa shape index (κ2) is 10.0. The van der Waals surface area contributed by atoms with Gasteiger partial charge in [0.2, 0.25) is 0 Å². The standard InChI is InChI=1S/C21H21N3O5/c25-23-11-9-19(24(26)27)16-21(23)22-10-12-28-13-14-29-20-8-4-7-18(15-20)17-5-2-1-3-6-17/h1-9,11,15-16,22H,10,12-14H2. The van der Waals surface area contributed by atoms with Crippen molar-refractivity contribution in [2.24, 2.45) is 0 Å². The molecule has 0 saturated carbocycles. The molecule has 0 unspecified atom stereocenters. The summed E-state index contributed by atoms with van der Waals surface area (Å²) < 4.78 is 11.7. The van der Waals surface area contributed by atoms with Gasteiger partial charge in [-0.25, -0.2) is 4.73 Å². The molecule has 29 heavy (non-hydrogen) atoms. The second-order valence-corrected chi connectivity index (χ2v) is 6.13. The van der Waals surface area contributed by atoms with Crippen molar-refractivity contribution in [3.8, 4) is 16.9 Å². The van der Waals surface area contributed by atoms with Crippen molar-refractivity contribution in [2.45, 2.75) is 0 Å². The van der Waals surface area contributed by atoms with Crippen LogP contribution in [0.3, 0.4) is 0 Å². The molecule has 0 fully saturated rings. The van der Waals surface area contributed by atoms with Crippen LogP contribution >= 0.6 is 0 Å². The highest BCUT2D eigenvalue weighted by molar-refractivity contribution is 5.64. The molecular weight excluding hydrogens is 374 g/mol. The number of nitrogens with one attached hydrogen (secondary N) is 1. The first-order valence-electron chi connectivity index (χ1n) is 9.11. The van der Waals surface area contributed by atoms with Crippen LogP contribution in [0.25, 0.3) is 11.1 Å². The van der Waals surface area contributed by atoms with Crippen molar-refractivity contribution >= 4 is 11.5 Å². The lowest BCUT2D eigenvalue weighted by molar-refractivity contribution is -0.591. The number of hydrogen-bond acceptors (Lipinski definition) is 6. The van der Waals surface area contributed by atoms with Gasteiger partial charge in [-0.15, -0.1) is 0 Å². The maximum absolute atomic E-state index is 11.6. The molecular formula is C21H21N3O5. The summed E-state index contributed by atoms with van der Waals surface area (Å²) in [5.41, 5.74) is 2.06. The summed E-state index contributed by atoms with van der Waals surface area (Å²) >= 11 is 0. The minimum Gasteiger partial charge on any atom is -0.711 e. The lowest BCUT2D eigenvalue weighted by Crippen LogP contribution is -2.31. The maximum Gasteiger partial charge on any atom is 0.284 e. The van der Waals surface area contributed by atoms with Gasteiger partial charge in [-0.05, 0) is 23.3 Å². The predicted octanol–water partition coefficient (Wildman–Crippen LogP) is 3.40. The Hall–Kier alpha value is -3.65. The Balaban J connectivity index is 1.38. The number of ether oxygens (including phenoxy) is 2. The van der Waals surface area contributed by atoms with Crippen LogP contribution in [0.15, 0.2) is 72.9 Å². The molecule has 0 aliphatic rings. The van der Waals surface area contributed by atoms with Crippen LogP contribution in [0, 0.1) is 15.3 Å². The quantitative estimate of drug-likeness (QED) is 0.186. The Morgan fingerprint density at radius 3 is 2.52 bits per heavy atom. The van der Waals surface area contributed by atoms with Crippen LogP contribution in [0.1, 0.15) is 0 Å². The summed E-state index contributed by atoms with van der Waals surface area (Å²) in [7, 11) is 0. The summed E-state index contributed by atoms with van der Waals surface area (Å²) in [6.07, 6.45) is 1.10. The Morgan fingerprint density at radius 1 is 0.931 bits per heavy atom. The smallest absolute Gasteiger partial charge is 0.284 e. The van der Waals surface area contributed by atoms with Gasteiger partial charge in [0.25, 0.3) is 11.5 Å². The molecule has 0 bridgehead atoms. The van der Waals surface area contributed by atoms with E-state index in [1.807, 2.05) is 54.6 Å². The van der Waals surface area contributed by atoms with Crippen molar-refractivity contribution < 1.29 is 19.1 Å². The SMILES string of the molecule is O=[N+]([O-])c1cc[n+]([O-])c(NCCOCCOc2cccc(-c3ccccc3)c2)c1. The van der Waals surface area contributed by atoms with E-state index in [2.05, 4.69) is 5.32 Å². The van der Waals surface area contributed by atoms with E-state index >= 15 is 0 Å². The fourth-order valence-electron chi connectivity index (χ4n) is 2.69. The van der Waals surface area contributed by atoms with E-state index < -0.39 is 4.92 Å². The van der Waals surface area contributed by atoms with Crippen LogP contribution in [0.4, 0.5) is 11.5 Å². The number of rotatable bonds is 10. The molecule has 1 heterocycles. The Morgan fingerprint density at radius 2 is 1.72 bits per heavy atom. The van der Waals surface area contributed by atoms with Gasteiger partial charge >= 0.3 is 0 Å². The summed E-state index contributed by atoms with van der Waals surface area (Å²) in [4.78, 5) is 10.2. The zero-order valence-corrected chi connectivity index (χ0v) is 15.7. The van der Waals surface area contributed by atoms with Gasteiger partial charge < -0.3 is 14.7 Å². The van der Waals surface area contributed by atoms with Crippen LogP contribution < -0.4 is 14.8 Å². The zero-order valence-electron chi connectivity index (χ0n) is 15.7. The highest BCUT2D eigenvalue weighted by Crippen LogP contribution is 2.23. The molecule has 3 rings (SSSR count). The monoisotopic (exact) mass is 395 g/mol. The van der Waals surface area contributed by atoms with Crippen molar-refractivity contribution in [3.05, 3.63) is 88.2 Å². The molecule has 150 valence electrons. The average Bonchev–Trinajstić information content (AvgIpc) is 2.75. The fourth-order valence-corrected chi connectivity index (χ4v) is 2.69. The van der Waals surface area contributed by atoms with Gasteiger partial charge in [-0.2, -0.15) is 0 Å². The molecule has 8 nitrogen and oxygen atoms in total. The molecule has 8 heteroatoms. The zero-order chi connectivity index (χ0) is 20.5. The van der Waals surface area contributed by atoms with Gasteiger partial charge in [0, 0.05) is 0 Å². The first kappa shape index (κ1) is 20.1. The Kier molecular flexibility index (Phi) is 6.96. The van der Waals surface area contributed by atoms with Crippen LogP contribution in [-0.2, 0) is 4.74 Å². The van der Waals surface area contributed by atoms with E-state index in [-0.39, 0.29) is 11.5 Å². The molecule has 0 aliphatic carbocycles. The van der Waals surface area contributed by atoms with E-state index in [0.717, 1.165) is 29.1 Å². The van der Waals surface area contributed by atoms with Crippen molar-refractivity contribution in [3.63, 3.8) is 0 Å². The predicted molar refractivity (Wildman–Crippen MR) is 109 cm³/mol. The van der Waals surface area contributed by atoms with E-state index in [1.54, 1.807) is 0 Å². The molecule has 1 N–H and O–H groups in total. The van der Waals surface area contributed by atoms with E-state index in [4.69, 9.17) is 9.47 Å². The molecule has 0 amide bonds. The molecule has 0 saturated heterocycles. The number of nitro groups is 1. The molecule has 0 aliphatic heterocycles. The van der Waals surface area contributed by atoms with E-state index in [0.29, 0.717) is 31.1 Å². The lowest BCUT2D eigenvalue weighted by Gasteiger charge is -2.10. The van der Waals surface area contributed by atoms with E-state index in [1.165, 1.54) is 6.07 Å². The van der Waals surface area contributed by atoms with Crippen molar-refractivity contribution in [1.82, 2.24) is 0 Å². The number of pyridine rings is 1. The van der Waals surface area contributed by atoms with Crippen LogP contribution in [0.5, 0.6) is 5.75 Å². The molecule has 0 spiro atoms. The Bertz CT molecular complexity index is 950. The van der Waals surface area contributed by atoms with Crippen LogP contribution in [-0.4, -0.2) is 31.3 Å². The number of hydrogen-bond donors (Lipinski definition) is 1. The van der Waals surface area contributed by atoms with Crippen LogP contribution in [0.2, 0.25) is 0 Å². The number of benzene rings is 2. The normalized spacial score (nSPS) is 10.5. The number of aromatic nitrogens is 1. The lowest BCUT2D eigenvalue weighted by atomic mass is 10.1. The molecule has 2 aromatic carbocycles. The minimum absolute atomic E-state index is 0.108. The van der Waals surface area contributed by atoms with Crippen molar-refractivity contribution in [2.75, 3.05) is 31.7 Å². The maximum atomic E-state index is 11.6. The summed E-state index contributed by atoms with van der Waals surface area (Å²) in [6.45, 7) is 1.43. The molecule has 0 atom stereocenters. The second-order valence-electron chi connectivity index (χ2n) is 6.13. The molecule has 0 radical (unpaired) electrons. The molecule has 3 aromatic rings. The van der Waals surface area contributed by atoms with Gasteiger partial charge in [0.1, 0.15) is 31.2 Å². The molecule has 1 aromatic heterocycles. The number of nitrogens with zero attached hydrogens (tertiary/aromatic N) is 2. The minimum atomic E-state index is -0.550.